The van der Waals surface area contributed by atoms with E-state index in [9.17, 15) is 8.76 Å². The second kappa shape index (κ2) is 8.51. The van der Waals surface area contributed by atoms with E-state index in [-0.39, 0.29) is 0 Å². The molecule has 4 nitrogen and oxygen atoms in total. The monoisotopic (exact) mass is 309 g/mol. The van der Waals surface area contributed by atoms with Gasteiger partial charge in [0.25, 0.3) is 0 Å². The third kappa shape index (κ3) is 5.77. The zero-order valence-corrected chi connectivity index (χ0v) is 13.5. The minimum atomic E-state index is -2.26. The summed E-state index contributed by atoms with van der Waals surface area (Å²) in [4.78, 5) is 0. The third-order valence-electron chi connectivity index (χ3n) is 4.38. The molecule has 0 radical (unpaired) electrons. The first kappa shape index (κ1) is 16.5. The summed E-state index contributed by atoms with van der Waals surface area (Å²) in [5.74, 6) is 1.57. The number of benzene rings is 1. The van der Waals surface area contributed by atoms with Crippen molar-refractivity contribution in [2.45, 2.75) is 45.6 Å². The van der Waals surface area contributed by atoms with Gasteiger partial charge in [0.05, 0.1) is 0 Å². The number of rotatable bonds is 7. The van der Waals surface area contributed by atoms with Gasteiger partial charge in [-0.15, -0.1) is 0 Å². The maximum absolute atomic E-state index is 10.6. The van der Waals surface area contributed by atoms with Crippen LogP contribution < -0.4 is 10.0 Å². The van der Waals surface area contributed by atoms with Gasteiger partial charge in [-0.2, -0.15) is 0 Å². The molecule has 1 aliphatic carbocycles. The van der Waals surface area contributed by atoms with Crippen LogP contribution in [0.1, 0.15) is 44.6 Å². The molecule has 2 unspecified atom stereocenters. The largest absolute Gasteiger partial charge is 0.755 e. The molecule has 1 saturated carbocycles. The van der Waals surface area contributed by atoms with Crippen molar-refractivity contribution in [2.24, 2.45) is 11.8 Å². The highest BCUT2D eigenvalue weighted by Gasteiger charge is 2.19. The summed E-state index contributed by atoms with van der Waals surface area (Å²) in [5.41, 5.74) is 1.71. The first-order chi connectivity index (χ1) is 10.1. The van der Waals surface area contributed by atoms with E-state index in [1.807, 2.05) is 18.2 Å². The van der Waals surface area contributed by atoms with Crippen molar-refractivity contribution in [3.05, 3.63) is 29.8 Å². The molecule has 1 aromatic carbocycles. The molecule has 21 heavy (non-hydrogen) atoms. The highest BCUT2D eigenvalue weighted by molar-refractivity contribution is 7.80. The molecule has 0 amide bonds. The molecule has 0 aromatic heterocycles. The Kier molecular flexibility index (Phi) is 6.67. The van der Waals surface area contributed by atoms with Crippen LogP contribution in [-0.2, 0) is 17.8 Å². The van der Waals surface area contributed by atoms with Crippen molar-refractivity contribution in [2.75, 3.05) is 11.3 Å². The van der Waals surface area contributed by atoms with Gasteiger partial charge in [-0.1, -0.05) is 51.2 Å². The third-order valence-corrected chi connectivity index (χ3v) is 4.78. The van der Waals surface area contributed by atoms with E-state index < -0.39 is 11.3 Å². The standard InChI is InChI=1S/C16H26N2O2S/c1-13(15-7-3-2-4-8-15)11-17-12-14-6-5-9-16(10-14)18-21(19)20/h5-6,9-10,13,15,17-18H,2-4,7-8,11-12H2,1H3,(H,19,20)/p-1. The van der Waals surface area contributed by atoms with Gasteiger partial charge in [-0.3, -0.25) is 4.21 Å². The summed E-state index contributed by atoms with van der Waals surface area (Å²) >= 11 is -2.26. The van der Waals surface area contributed by atoms with Crippen molar-refractivity contribution in [1.82, 2.24) is 5.32 Å². The summed E-state index contributed by atoms with van der Waals surface area (Å²) in [5, 5.41) is 3.50. The molecule has 5 heteroatoms. The summed E-state index contributed by atoms with van der Waals surface area (Å²) in [7, 11) is 0. The van der Waals surface area contributed by atoms with Crippen molar-refractivity contribution >= 4 is 17.0 Å². The van der Waals surface area contributed by atoms with Crippen LogP contribution in [0.5, 0.6) is 0 Å². The Balaban J connectivity index is 1.76. The van der Waals surface area contributed by atoms with Crippen molar-refractivity contribution < 1.29 is 8.76 Å². The minimum Gasteiger partial charge on any atom is -0.755 e. The van der Waals surface area contributed by atoms with Gasteiger partial charge >= 0.3 is 0 Å². The fraction of sp³-hybridized carbons (Fsp3) is 0.625. The predicted octanol–water partition coefficient (Wildman–Crippen LogP) is 3.20. The van der Waals surface area contributed by atoms with Crippen LogP contribution in [-0.4, -0.2) is 15.3 Å². The van der Waals surface area contributed by atoms with E-state index >= 15 is 0 Å². The molecule has 2 atom stereocenters. The normalized spacial score (nSPS) is 19.1. The zero-order chi connectivity index (χ0) is 15.1. The van der Waals surface area contributed by atoms with Crippen LogP contribution in [0.25, 0.3) is 0 Å². The average Bonchev–Trinajstić information content (AvgIpc) is 2.48. The van der Waals surface area contributed by atoms with Gasteiger partial charge in [0.15, 0.2) is 0 Å². The Hall–Kier alpha value is -0.910. The van der Waals surface area contributed by atoms with E-state index in [1.54, 1.807) is 6.07 Å². The lowest BCUT2D eigenvalue weighted by Crippen LogP contribution is -2.27. The van der Waals surface area contributed by atoms with Crippen LogP contribution in [0.2, 0.25) is 0 Å². The van der Waals surface area contributed by atoms with E-state index in [2.05, 4.69) is 17.0 Å². The van der Waals surface area contributed by atoms with Crippen LogP contribution in [0.3, 0.4) is 0 Å². The summed E-state index contributed by atoms with van der Waals surface area (Å²) in [6.07, 6.45) is 6.91. The van der Waals surface area contributed by atoms with E-state index in [0.29, 0.717) is 11.6 Å². The Morgan fingerprint density at radius 1 is 1.33 bits per heavy atom. The molecule has 1 fully saturated rings. The molecule has 2 rings (SSSR count). The smallest absolute Gasteiger partial charge is 0.0455 e. The SMILES string of the molecule is CC(CNCc1cccc(NS(=O)[O-])c1)C1CCCCC1. The molecular formula is C16H25N2O2S-. The molecule has 2 N–H and O–H groups in total. The average molecular weight is 309 g/mol. The van der Waals surface area contributed by atoms with Crippen molar-refractivity contribution in [1.29, 1.82) is 0 Å². The Labute approximate surface area is 130 Å². The molecule has 1 aliphatic rings. The zero-order valence-electron chi connectivity index (χ0n) is 12.6. The van der Waals surface area contributed by atoms with Crippen molar-refractivity contribution in [3.63, 3.8) is 0 Å². The summed E-state index contributed by atoms with van der Waals surface area (Å²) < 4.78 is 23.6. The molecule has 0 heterocycles. The summed E-state index contributed by atoms with van der Waals surface area (Å²) in [6.45, 7) is 4.13. The second-order valence-electron chi connectivity index (χ2n) is 6.04. The van der Waals surface area contributed by atoms with Crippen LogP contribution in [0.15, 0.2) is 24.3 Å². The number of nitrogens with one attached hydrogen (secondary N) is 2. The first-order valence-electron chi connectivity index (χ1n) is 7.80. The lowest BCUT2D eigenvalue weighted by Gasteiger charge is -2.27. The number of hydrogen-bond donors (Lipinski definition) is 2. The maximum Gasteiger partial charge on any atom is 0.0455 e. The minimum absolute atomic E-state index is 0.614. The molecule has 0 spiro atoms. The fourth-order valence-corrected chi connectivity index (χ4v) is 3.47. The number of hydrogen-bond acceptors (Lipinski definition) is 3. The van der Waals surface area contributed by atoms with E-state index in [0.717, 1.165) is 24.6 Å². The second-order valence-corrected chi connectivity index (χ2v) is 6.72. The first-order valence-corrected chi connectivity index (χ1v) is 8.88. The molecule has 0 bridgehead atoms. The van der Waals surface area contributed by atoms with E-state index in [4.69, 9.17) is 0 Å². The molecule has 1 aromatic rings. The van der Waals surface area contributed by atoms with Gasteiger partial charge in [0.1, 0.15) is 0 Å². The highest BCUT2D eigenvalue weighted by Crippen LogP contribution is 2.29. The quantitative estimate of drug-likeness (QED) is 0.760. The predicted molar refractivity (Wildman–Crippen MR) is 86.4 cm³/mol. The van der Waals surface area contributed by atoms with Crippen LogP contribution >= 0.6 is 0 Å². The van der Waals surface area contributed by atoms with Gasteiger partial charge in [-0.05, 0) is 36.1 Å². The molecule has 118 valence electrons. The van der Waals surface area contributed by atoms with Gasteiger partial charge in [-0.25, -0.2) is 0 Å². The summed E-state index contributed by atoms with van der Waals surface area (Å²) in [6, 6.07) is 7.51. The molecule has 0 saturated heterocycles. The Bertz CT molecular complexity index is 461. The van der Waals surface area contributed by atoms with Crippen LogP contribution in [0.4, 0.5) is 5.69 Å². The maximum atomic E-state index is 10.6. The lowest BCUT2D eigenvalue weighted by atomic mass is 9.81. The number of anilines is 1. The van der Waals surface area contributed by atoms with Gasteiger partial charge in [0.2, 0.25) is 0 Å². The fourth-order valence-electron chi connectivity index (χ4n) is 3.16. The van der Waals surface area contributed by atoms with Crippen LogP contribution in [0, 0.1) is 11.8 Å². The molecular weight excluding hydrogens is 284 g/mol. The molecule has 0 aliphatic heterocycles. The Morgan fingerprint density at radius 2 is 2.10 bits per heavy atom. The van der Waals surface area contributed by atoms with Crippen molar-refractivity contribution in [3.8, 4) is 0 Å². The van der Waals surface area contributed by atoms with Gasteiger partial charge in [0, 0.05) is 23.5 Å². The highest BCUT2D eigenvalue weighted by atomic mass is 32.2. The topological polar surface area (TPSA) is 64.2 Å². The lowest BCUT2D eigenvalue weighted by molar-refractivity contribution is 0.256. The van der Waals surface area contributed by atoms with Gasteiger partial charge < -0.3 is 14.6 Å². The Morgan fingerprint density at radius 3 is 2.81 bits per heavy atom. The van der Waals surface area contributed by atoms with E-state index in [1.165, 1.54) is 32.1 Å².